The van der Waals surface area contributed by atoms with Crippen LogP contribution in [0.4, 0.5) is 0 Å². The molecule has 12 heavy (non-hydrogen) atoms. The van der Waals surface area contributed by atoms with Gasteiger partial charge in [0.25, 0.3) is 0 Å². The smallest absolute Gasteiger partial charge is 0.0721 e. The van der Waals surface area contributed by atoms with Gasteiger partial charge in [-0.15, -0.1) is 0 Å². The predicted molar refractivity (Wildman–Crippen MR) is 47.8 cm³/mol. The molecule has 64 valence electrons. The molecule has 1 heterocycles. The van der Waals surface area contributed by atoms with Crippen molar-refractivity contribution in [2.24, 2.45) is 5.73 Å². The van der Waals surface area contributed by atoms with Crippen LogP contribution in [0.2, 0.25) is 0 Å². The number of ether oxygens (including phenoxy) is 1. The fraction of sp³-hybridized carbons (Fsp3) is 0.400. The first-order valence-corrected chi connectivity index (χ1v) is 4.20. The van der Waals surface area contributed by atoms with E-state index in [0.29, 0.717) is 13.2 Å². The number of aryl methyl sites for hydroxylation is 1. The Morgan fingerprint density at radius 1 is 1.50 bits per heavy atom. The Morgan fingerprint density at radius 3 is 3.17 bits per heavy atom. The van der Waals surface area contributed by atoms with Crippen LogP contribution in [-0.2, 0) is 11.3 Å². The molecule has 2 rings (SSSR count). The molecular weight excluding hydrogens is 150 g/mol. The summed E-state index contributed by atoms with van der Waals surface area (Å²) in [6, 6.07) is 6.42. The van der Waals surface area contributed by atoms with Crippen LogP contribution in [0.15, 0.2) is 18.2 Å². The van der Waals surface area contributed by atoms with Crippen molar-refractivity contribution in [3.8, 4) is 0 Å². The average molecular weight is 163 g/mol. The lowest BCUT2D eigenvalue weighted by atomic mass is 9.98. The lowest BCUT2D eigenvalue weighted by Crippen LogP contribution is -2.23. The van der Waals surface area contributed by atoms with Crippen LogP contribution in [0.5, 0.6) is 0 Å². The van der Waals surface area contributed by atoms with E-state index in [1.165, 1.54) is 16.7 Å². The fourth-order valence-electron chi connectivity index (χ4n) is 1.61. The Bertz CT molecular complexity index is 296. The molecule has 0 saturated heterocycles. The summed E-state index contributed by atoms with van der Waals surface area (Å²) in [7, 11) is 0. The highest BCUT2D eigenvalue weighted by Crippen LogP contribution is 2.23. The van der Waals surface area contributed by atoms with E-state index in [9.17, 15) is 0 Å². The van der Waals surface area contributed by atoms with Crippen molar-refractivity contribution >= 4 is 0 Å². The minimum absolute atomic E-state index is 0.0642. The van der Waals surface area contributed by atoms with Gasteiger partial charge in [0.1, 0.15) is 0 Å². The van der Waals surface area contributed by atoms with Gasteiger partial charge < -0.3 is 10.5 Å². The fourth-order valence-corrected chi connectivity index (χ4v) is 1.61. The first kappa shape index (κ1) is 7.77. The predicted octanol–water partition coefficient (Wildman–Crippen LogP) is 1.53. The summed E-state index contributed by atoms with van der Waals surface area (Å²) in [5.74, 6) is 0. The third-order valence-corrected chi connectivity index (χ3v) is 2.25. The number of benzene rings is 1. The average Bonchev–Trinajstić information content (AvgIpc) is 2.04. The number of hydrogen-bond acceptors (Lipinski definition) is 2. The molecule has 0 spiro atoms. The van der Waals surface area contributed by atoms with E-state index in [-0.39, 0.29) is 6.04 Å². The van der Waals surface area contributed by atoms with Gasteiger partial charge in [-0.2, -0.15) is 0 Å². The zero-order valence-corrected chi connectivity index (χ0v) is 7.21. The van der Waals surface area contributed by atoms with Crippen LogP contribution in [-0.4, -0.2) is 6.61 Å². The quantitative estimate of drug-likeness (QED) is 0.629. The maximum Gasteiger partial charge on any atom is 0.0721 e. The van der Waals surface area contributed by atoms with Crippen molar-refractivity contribution in [1.82, 2.24) is 0 Å². The molecule has 0 aliphatic carbocycles. The van der Waals surface area contributed by atoms with Gasteiger partial charge >= 0.3 is 0 Å². The van der Waals surface area contributed by atoms with Crippen LogP contribution >= 0.6 is 0 Å². The molecule has 0 bridgehead atoms. The van der Waals surface area contributed by atoms with Crippen LogP contribution in [0.25, 0.3) is 0 Å². The first-order chi connectivity index (χ1) is 5.77. The molecule has 1 unspecified atom stereocenters. The van der Waals surface area contributed by atoms with Gasteiger partial charge in [0.05, 0.1) is 19.3 Å². The monoisotopic (exact) mass is 163 g/mol. The molecule has 2 N–H and O–H groups in total. The van der Waals surface area contributed by atoms with Crippen LogP contribution in [0, 0.1) is 6.92 Å². The summed E-state index contributed by atoms with van der Waals surface area (Å²) >= 11 is 0. The minimum atomic E-state index is 0.0642. The second kappa shape index (κ2) is 2.88. The topological polar surface area (TPSA) is 35.2 Å². The second-order valence-electron chi connectivity index (χ2n) is 3.32. The van der Waals surface area contributed by atoms with Crippen molar-refractivity contribution in [2.45, 2.75) is 19.6 Å². The molecule has 2 nitrogen and oxygen atoms in total. The van der Waals surface area contributed by atoms with E-state index < -0.39 is 0 Å². The summed E-state index contributed by atoms with van der Waals surface area (Å²) in [5.41, 5.74) is 9.63. The third-order valence-electron chi connectivity index (χ3n) is 2.25. The molecule has 1 aliphatic rings. The third kappa shape index (κ3) is 1.24. The molecule has 0 saturated carbocycles. The second-order valence-corrected chi connectivity index (χ2v) is 3.32. The maximum atomic E-state index is 5.87. The first-order valence-electron chi connectivity index (χ1n) is 4.20. The Hall–Kier alpha value is -0.860. The zero-order valence-electron chi connectivity index (χ0n) is 7.21. The highest BCUT2D eigenvalue weighted by Gasteiger charge is 2.16. The zero-order chi connectivity index (χ0) is 8.55. The van der Waals surface area contributed by atoms with Crippen molar-refractivity contribution < 1.29 is 4.74 Å². The molecular formula is C10H13NO. The number of nitrogens with two attached hydrogens (primary N) is 1. The van der Waals surface area contributed by atoms with E-state index >= 15 is 0 Å². The molecule has 0 radical (unpaired) electrons. The normalized spacial score (nSPS) is 22.0. The van der Waals surface area contributed by atoms with Gasteiger partial charge in [-0.25, -0.2) is 0 Å². The van der Waals surface area contributed by atoms with Gasteiger partial charge in [0, 0.05) is 0 Å². The maximum absolute atomic E-state index is 5.87. The van der Waals surface area contributed by atoms with Crippen molar-refractivity contribution in [2.75, 3.05) is 6.61 Å². The highest BCUT2D eigenvalue weighted by molar-refractivity contribution is 5.34. The van der Waals surface area contributed by atoms with Gasteiger partial charge in [-0.05, 0) is 18.1 Å². The van der Waals surface area contributed by atoms with Gasteiger partial charge in [0.15, 0.2) is 0 Å². The van der Waals surface area contributed by atoms with Gasteiger partial charge in [0.2, 0.25) is 0 Å². The van der Waals surface area contributed by atoms with Crippen molar-refractivity contribution in [3.63, 3.8) is 0 Å². The summed E-state index contributed by atoms with van der Waals surface area (Å²) in [5, 5.41) is 0. The SMILES string of the molecule is Cc1ccc2c(c1)COCC2N. The summed E-state index contributed by atoms with van der Waals surface area (Å²) in [6.07, 6.45) is 0. The summed E-state index contributed by atoms with van der Waals surface area (Å²) < 4.78 is 5.34. The van der Waals surface area contributed by atoms with Crippen molar-refractivity contribution in [1.29, 1.82) is 0 Å². The summed E-state index contributed by atoms with van der Waals surface area (Å²) in [6.45, 7) is 3.45. The van der Waals surface area contributed by atoms with E-state index in [1.54, 1.807) is 0 Å². The van der Waals surface area contributed by atoms with E-state index in [4.69, 9.17) is 10.5 Å². The molecule has 0 aromatic heterocycles. The summed E-state index contributed by atoms with van der Waals surface area (Å²) in [4.78, 5) is 0. The molecule has 0 fully saturated rings. The molecule has 0 amide bonds. The Kier molecular flexibility index (Phi) is 1.87. The van der Waals surface area contributed by atoms with Crippen molar-refractivity contribution in [3.05, 3.63) is 34.9 Å². The molecule has 2 heteroatoms. The molecule has 1 aromatic carbocycles. The van der Waals surface area contributed by atoms with Crippen LogP contribution in [0.1, 0.15) is 22.7 Å². The molecule has 1 aromatic rings. The van der Waals surface area contributed by atoms with Crippen LogP contribution < -0.4 is 5.73 Å². The standard InChI is InChI=1S/C10H13NO/c1-7-2-3-9-8(4-7)5-12-6-10(9)11/h2-4,10H,5-6,11H2,1H3. The van der Waals surface area contributed by atoms with Gasteiger partial charge in [-0.1, -0.05) is 23.8 Å². The van der Waals surface area contributed by atoms with E-state index in [0.717, 1.165) is 0 Å². The lowest BCUT2D eigenvalue weighted by molar-refractivity contribution is 0.0923. The number of fused-ring (bicyclic) bond motifs is 1. The van der Waals surface area contributed by atoms with E-state index in [2.05, 4.69) is 25.1 Å². The Balaban J connectivity index is 2.46. The Morgan fingerprint density at radius 2 is 2.33 bits per heavy atom. The number of hydrogen-bond donors (Lipinski definition) is 1. The largest absolute Gasteiger partial charge is 0.375 e. The van der Waals surface area contributed by atoms with E-state index in [1.807, 2.05) is 0 Å². The van der Waals surface area contributed by atoms with Gasteiger partial charge in [-0.3, -0.25) is 0 Å². The Labute approximate surface area is 72.3 Å². The number of rotatable bonds is 0. The van der Waals surface area contributed by atoms with Crippen LogP contribution in [0.3, 0.4) is 0 Å². The highest BCUT2D eigenvalue weighted by atomic mass is 16.5. The molecule has 1 atom stereocenters. The lowest BCUT2D eigenvalue weighted by Gasteiger charge is -2.22. The minimum Gasteiger partial charge on any atom is -0.375 e. The molecule has 1 aliphatic heterocycles.